The molecule has 2 rings (SSSR count). The van der Waals surface area contributed by atoms with Crippen LogP contribution in [0.1, 0.15) is 11.4 Å². The average molecular weight is 216 g/mol. The minimum atomic E-state index is -0.0864. The van der Waals surface area contributed by atoms with Gasteiger partial charge >= 0.3 is 0 Å². The van der Waals surface area contributed by atoms with Crippen LogP contribution in [0.25, 0.3) is 0 Å². The van der Waals surface area contributed by atoms with Crippen LogP contribution in [-0.4, -0.2) is 14.5 Å². The molecule has 0 aromatic carbocycles. The zero-order valence-corrected chi connectivity index (χ0v) is 8.92. The maximum Gasteiger partial charge on any atom is 0.253 e. The summed E-state index contributed by atoms with van der Waals surface area (Å²) in [4.78, 5) is 19.8. The molecule has 0 radical (unpaired) electrons. The fourth-order valence-electron chi connectivity index (χ4n) is 1.39. The second-order valence-corrected chi connectivity index (χ2v) is 3.58. The van der Waals surface area contributed by atoms with Gasteiger partial charge in [-0.1, -0.05) is 0 Å². The standard InChI is InChI=1S/C11H12N4O/c1-8-4-11(16)15(7-14-8)6-10-5-9(12)2-3-13-10/h2-5,7H,6H2,1H3,(H2,12,13). The molecule has 16 heavy (non-hydrogen) atoms. The van der Waals surface area contributed by atoms with Gasteiger partial charge in [-0.05, 0) is 19.1 Å². The molecule has 2 N–H and O–H groups in total. The summed E-state index contributed by atoms with van der Waals surface area (Å²) in [5.41, 5.74) is 7.64. The van der Waals surface area contributed by atoms with Crippen molar-refractivity contribution >= 4 is 5.69 Å². The first-order valence-electron chi connectivity index (χ1n) is 4.88. The highest BCUT2D eigenvalue weighted by atomic mass is 16.1. The van der Waals surface area contributed by atoms with Crippen LogP contribution in [0.4, 0.5) is 5.69 Å². The topological polar surface area (TPSA) is 73.8 Å². The molecule has 0 atom stereocenters. The first-order chi connectivity index (χ1) is 7.65. The van der Waals surface area contributed by atoms with Crippen molar-refractivity contribution in [3.63, 3.8) is 0 Å². The van der Waals surface area contributed by atoms with E-state index in [1.54, 1.807) is 25.3 Å². The maximum atomic E-state index is 11.6. The number of nitrogens with zero attached hydrogens (tertiary/aromatic N) is 3. The highest BCUT2D eigenvalue weighted by molar-refractivity contribution is 5.37. The molecular weight excluding hydrogens is 204 g/mol. The Morgan fingerprint density at radius 3 is 2.88 bits per heavy atom. The van der Waals surface area contributed by atoms with E-state index in [0.717, 1.165) is 5.69 Å². The van der Waals surface area contributed by atoms with Crippen LogP contribution in [0, 0.1) is 6.92 Å². The van der Waals surface area contributed by atoms with Gasteiger partial charge in [0.1, 0.15) is 0 Å². The van der Waals surface area contributed by atoms with Gasteiger partial charge in [0.2, 0.25) is 0 Å². The number of hydrogen-bond donors (Lipinski definition) is 1. The lowest BCUT2D eigenvalue weighted by atomic mass is 10.3. The molecule has 0 unspecified atom stereocenters. The minimum Gasteiger partial charge on any atom is -0.399 e. The van der Waals surface area contributed by atoms with Crippen molar-refractivity contribution in [3.8, 4) is 0 Å². The quantitative estimate of drug-likeness (QED) is 0.796. The second kappa shape index (κ2) is 4.14. The third kappa shape index (κ3) is 2.25. The van der Waals surface area contributed by atoms with Crippen LogP contribution in [0.2, 0.25) is 0 Å². The highest BCUT2D eigenvalue weighted by Gasteiger charge is 2.00. The Balaban J connectivity index is 2.31. The Morgan fingerprint density at radius 1 is 1.38 bits per heavy atom. The Labute approximate surface area is 92.6 Å². The zero-order chi connectivity index (χ0) is 11.5. The summed E-state index contributed by atoms with van der Waals surface area (Å²) in [6.07, 6.45) is 3.14. The molecule has 2 heterocycles. The van der Waals surface area contributed by atoms with Crippen LogP contribution in [0.15, 0.2) is 35.5 Å². The summed E-state index contributed by atoms with van der Waals surface area (Å²) in [7, 11) is 0. The van der Waals surface area contributed by atoms with Gasteiger partial charge in [-0.2, -0.15) is 0 Å². The van der Waals surface area contributed by atoms with E-state index in [0.29, 0.717) is 17.9 Å². The second-order valence-electron chi connectivity index (χ2n) is 3.58. The molecule has 0 aliphatic carbocycles. The van der Waals surface area contributed by atoms with Gasteiger partial charge in [-0.15, -0.1) is 0 Å². The molecule has 0 aliphatic heterocycles. The predicted octanol–water partition coefficient (Wildman–Crippen LogP) is 0.577. The molecule has 0 aliphatic rings. The third-order valence-electron chi connectivity index (χ3n) is 2.19. The summed E-state index contributed by atoms with van der Waals surface area (Å²) in [5, 5.41) is 0. The van der Waals surface area contributed by atoms with Crippen LogP contribution < -0.4 is 11.3 Å². The number of nitrogen functional groups attached to an aromatic ring is 1. The van der Waals surface area contributed by atoms with Gasteiger partial charge in [0.15, 0.2) is 0 Å². The van der Waals surface area contributed by atoms with E-state index >= 15 is 0 Å². The minimum absolute atomic E-state index is 0.0864. The molecular formula is C11H12N4O. The van der Waals surface area contributed by atoms with Crippen molar-refractivity contribution < 1.29 is 0 Å². The smallest absolute Gasteiger partial charge is 0.253 e. The highest BCUT2D eigenvalue weighted by Crippen LogP contribution is 2.03. The molecule has 82 valence electrons. The van der Waals surface area contributed by atoms with Crippen LogP contribution >= 0.6 is 0 Å². The van der Waals surface area contributed by atoms with Crippen molar-refractivity contribution in [2.45, 2.75) is 13.5 Å². The Bertz CT molecular complexity index is 562. The van der Waals surface area contributed by atoms with Gasteiger partial charge < -0.3 is 5.73 Å². The summed E-state index contributed by atoms with van der Waals surface area (Å²) in [6.45, 7) is 2.17. The largest absolute Gasteiger partial charge is 0.399 e. The summed E-state index contributed by atoms with van der Waals surface area (Å²) < 4.78 is 1.49. The van der Waals surface area contributed by atoms with Gasteiger partial charge in [-0.3, -0.25) is 14.3 Å². The predicted molar refractivity (Wildman–Crippen MR) is 61.0 cm³/mol. The molecule has 0 saturated carbocycles. The molecule has 0 fully saturated rings. The molecule has 0 saturated heterocycles. The molecule has 5 heteroatoms. The number of anilines is 1. The Kier molecular flexibility index (Phi) is 2.68. The SMILES string of the molecule is Cc1cc(=O)n(Cc2cc(N)ccn2)cn1. The van der Waals surface area contributed by atoms with E-state index in [4.69, 9.17) is 5.73 Å². The van der Waals surface area contributed by atoms with Crippen LogP contribution in [0.5, 0.6) is 0 Å². The van der Waals surface area contributed by atoms with Crippen molar-refractivity contribution in [3.05, 3.63) is 52.5 Å². The first-order valence-corrected chi connectivity index (χ1v) is 4.88. The van der Waals surface area contributed by atoms with Crippen molar-refractivity contribution in [2.75, 3.05) is 5.73 Å². The molecule has 0 spiro atoms. The van der Waals surface area contributed by atoms with Gasteiger partial charge in [-0.25, -0.2) is 4.98 Å². The van der Waals surface area contributed by atoms with Gasteiger partial charge in [0.25, 0.3) is 5.56 Å². The number of nitrogens with two attached hydrogens (primary N) is 1. The van der Waals surface area contributed by atoms with Crippen LogP contribution in [0.3, 0.4) is 0 Å². The van der Waals surface area contributed by atoms with E-state index in [1.807, 2.05) is 0 Å². The van der Waals surface area contributed by atoms with Gasteiger partial charge in [0.05, 0.1) is 18.6 Å². The van der Waals surface area contributed by atoms with E-state index in [-0.39, 0.29) is 5.56 Å². The van der Waals surface area contributed by atoms with Crippen molar-refractivity contribution in [2.24, 2.45) is 0 Å². The first kappa shape index (κ1) is 10.4. The molecule has 0 amide bonds. The average Bonchev–Trinajstić information content (AvgIpc) is 2.22. The zero-order valence-electron chi connectivity index (χ0n) is 8.92. The number of pyridine rings is 1. The number of aryl methyl sites for hydroxylation is 1. The molecule has 5 nitrogen and oxygen atoms in total. The summed E-state index contributed by atoms with van der Waals surface area (Å²) >= 11 is 0. The number of aromatic nitrogens is 3. The van der Waals surface area contributed by atoms with Crippen molar-refractivity contribution in [1.82, 2.24) is 14.5 Å². The van der Waals surface area contributed by atoms with Crippen molar-refractivity contribution in [1.29, 1.82) is 0 Å². The Morgan fingerprint density at radius 2 is 2.19 bits per heavy atom. The van der Waals surface area contributed by atoms with E-state index < -0.39 is 0 Å². The fourth-order valence-corrected chi connectivity index (χ4v) is 1.39. The van der Waals surface area contributed by atoms with Crippen LogP contribution in [-0.2, 0) is 6.54 Å². The van der Waals surface area contributed by atoms with E-state index in [9.17, 15) is 4.79 Å². The normalized spacial score (nSPS) is 10.3. The molecule has 2 aromatic rings. The number of rotatable bonds is 2. The lowest BCUT2D eigenvalue weighted by molar-refractivity contribution is 0.714. The molecule has 0 bridgehead atoms. The maximum absolute atomic E-state index is 11.6. The third-order valence-corrected chi connectivity index (χ3v) is 2.19. The number of hydrogen-bond acceptors (Lipinski definition) is 4. The summed E-state index contributed by atoms with van der Waals surface area (Å²) in [5.74, 6) is 0. The van der Waals surface area contributed by atoms with E-state index in [1.165, 1.54) is 17.0 Å². The molecule has 2 aromatic heterocycles. The Hall–Kier alpha value is -2.17. The summed E-state index contributed by atoms with van der Waals surface area (Å²) in [6, 6.07) is 4.94. The van der Waals surface area contributed by atoms with Gasteiger partial charge in [0, 0.05) is 23.6 Å². The fraction of sp³-hybridized carbons (Fsp3) is 0.182. The lowest BCUT2D eigenvalue weighted by Gasteiger charge is -2.05. The lowest BCUT2D eigenvalue weighted by Crippen LogP contribution is -2.21. The van der Waals surface area contributed by atoms with E-state index in [2.05, 4.69) is 9.97 Å². The monoisotopic (exact) mass is 216 g/mol.